The quantitative estimate of drug-likeness (QED) is 0.686. The standard InChI is InChI=1S/C11H14N2O/c1-8-5-6-11(14)13(8)10-4-2-3-9(12)7-10/h2-4,7-8H,5-6,12H2,1H3. The van der Waals surface area contributed by atoms with E-state index in [4.69, 9.17) is 5.73 Å². The molecule has 1 fully saturated rings. The van der Waals surface area contributed by atoms with E-state index in [1.807, 2.05) is 29.2 Å². The van der Waals surface area contributed by atoms with E-state index in [2.05, 4.69) is 6.92 Å². The van der Waals surface area contributed by atoms with Crippen LogP contribution in [0.15, 0.2) is 24.3 Å². The second kappa shape index (κ2) is 3.33. The van der Waals surface area contributed by atoms with Gasteiger partial charge >= 0.3 is 0 Å². The van der Waals surface area contributed by atoms with Crippen LogP contribution in [0, 0.1) is 0 Å². The molecule has 1 amide bonds. The largest absolute Gasteiger partial charge is 0.399 e. The summed E-state index contributed by atoms with van der Waals surface area (Å²) in [7, 11) is 0. The molecule has 1 aliphatic rings. The van der Waals surface area contributed by atoms with E-state index in [0.717, 1.165) is 12.1 Å². The Balaban J connectivity index is 2.34. The highest BCUT2D eigenvalue weighted by atomic mass is 16.2. The Morgan fingerprint density at radius 3 is 2.86 bits per heavy atom. The molecule has 1 heterocycles. The summed E-state index contributed by atoms with van der Waals surface area (Å²) in [5.74, 6) is 0.197. The monoisotopic (exact) mass is 190 g/mol. The molecule has 0 aromatic heterocycles. The number of hydrogen-bond acceptors (Lipinski definition) is 2. The second-order valence-corrected chi connectivity index (χ2v) is 3.75. The lowest BCUT2D eigenvalue weighted by atomic mass is 10.2. The van der Waals surface area contributed by atoms with E-state index in [-0.39, 0.29) is 5.91 Å². The first-order valence-corrected chi connectivity index (χ1v) is 4.86. The lowest BCUT2D eigenvalue weighted by Gasteiger charge is -2.21. The summed E-state index contributed by atoms with van der Waals surface area (Å²) in [4.78, 5) is 13.4. The average Bonchev–Trinajstić information content (AvgIpc) is 2.46. The number of amides is 1. The number of hydrogen-bond donors (Lipinski definition) is 1. The number of benzene rings is 1. The maximum atomic E-state index is 11.6. The lowest BCUT2D eigenvalue weighted by molar-refractivity contribution is -0.117. The predicted octanol–water partition coefficient (Wildman–Crippen LogP) is 1.78. The maximum absolute atomic E-state index is 11.6. The van der Waals surface area contributed by atoms with Crippen molar-refractivity contribution >= 4 is 17.3 Å². The zero-order chi connectivity index (χ0) is 10.1. The third-order valence-corrected chi connectivity index (χ3v) is 2.63. The minimum atomic E-state index is 0.197. The van der Waals surface area contributed by atoms with E-state index in [1.165, 1.54) is 0 Å². The van der Waals surface area contributed by atoms with Crippen molar-refractivity contribution in [1.29, 1.82) is 0 Å². The molecular formula is C11H14N2O. The Kier molecular flexibility index (Phi) is 2.15. The average molecular weight is 190 g/mol. The summed E-state index contributed by atoms with van der Waals surface area (Å²) in [5, 5.41) is 0. The van der Waals surface area contributed by atoms with Gasteiger partial charge in [0.25, 0.3) is 0 Å². The molecule has 0 spiro atoms. The Morgan fingerprint density at radius 2 is 2.29 bits per heavy atom. The van der Waals surface area contributed by atoms with Gasteiger partial charge in [0.05, 0.1) is 0 Å². The van der Waals surface area contributed by atoms with Crippen LogP contribution in [0.25, 0.3) is 0 Å². The van der Waals surface area contributed by atoms with E-state index < -0.39 is 0 Å². The number of nitrogen functional groups attached to an aromatic ring is 1. The van der Waals surface area contributed by atoms with Crippen LogP contribution in [0.1, 0.15) is 19.8 Å². The van der Waals surface area contributed by atoms with Crippen molar-refractivity contribution in [3.63, 3.8) is 0 Å². The van der Waals surface area contributed by atoms with Crippen molar-refractivity contribution in [3.05, 3.63) is 24.3 Å². The molecule has 1 aliphatic heterocycles. The molecule has 0 bridgehead atoms. The molecule has 3 heteroatoms. The van der Waals surface area contributed by atoms with Gasteiger partial charge in [0.15, 0.2) is 0 Å². The maximum Gasteiger partial charge on any atom is 0.227 e. The van der Waals surface area contributed by atoms with Gasteiger partial charge in [-0.05, 0) is 31.5 Å². The van der Waals surface area contributed by atoms with Crippen molar-refractivity contribution in [2.24, 2.45) is 0 Å². The van der Waals surface area contributed by atoms with Crippen LogP contribution in [0.3, 0.4) is 0 Å². The number of nitrogens with zero attached hydrogens (tertiary/aromatic N) is 1. The number of carbonyl (C=O) groups excluding carboxylic acids is 1. The Hall–Kier alpha value is -1.51. The molecule has 14 heavy (non-hydrogen) atoms. The molecule has 1 unspecified atom stereocenters. The van der Waals surface area contributed by atoms with E-state index in [1.54, 1.807) is 0 Å². The smallest absolute Gasteiger partial charge is 0.227 e. The minimum absolute atomic E-state index is 0.197. The van der Waals surface area contributed by atoms with Gasteiger partial charge in [-0.2, -0.15) is 0 Å². The highest BCUT2D eigenvalue weighted by Crippen LogP contribution is 2.27. The molecule has 1 saturated heterocycles. The fourth-order valence-electron chi connectivity index (χ4n) is 1.90. The summed E-state index contributed by atoms with van der Waals surface area (Å²) in [6.45, 7) is 2.06. The molecule has 0 saturated carbocycles. The highest BCUT2D eigenvalue weighted by molar-refractivity contribution is 5.96. The van der Waals surface area contributed by atoms with E-state index >= 15 is 0 Å². The molecular weight excluding hydrogens is 176 g/mol. The zero-order valence-electron chi connectivity index (χ0n) is 8.23. The van der Waals surface area contributed by atoms with Crippen molar-refractivity contribution in [2.45, 2.75) is 25.8 Å². The molecule has 74 valence electrons. The first kappa shape index (κ1) is 9.06. The Morgan fingerprint density at radius 1 is 1.50 bits per heavy atom. The number of anilines is 2. The van der Waals surface area contributed by atoms with Crippen LogP contribution in [-0.4, -0.2) is 11.9 Å². The summed E-state index contributed by atoms with van der Waals surface area (Å²) < 4.78 is 0. The number of nitrogens with two attached hydrogens (primary N) is 1. The Labute approximate surface area is 83.5 Å². The van der Waals surface area contributed by atoms with Crippen molar-refractivity contribution in [1.82, 2.24) is 0 Å². The van der Waals surface area contributed by atoms with Crippen LogP contribution >= 0.6 is 0 Å². The summed E-state index contributed by atoms with van der Waals surface area (Å²) in [5.41, 5.74) is 7.30. The summed E-state index contributed by atoms with van der Waals surface area (Å²) in [6, 6.07) is 7.78. The van der Waals surface area contributed by atoms with Gasteiger partial charge in [0, 0.05) is 23.8 Å². The normalized spacial score (nSPS) is 21.6. The van der Waals surface area contributed by atoms with Gasteiger partial charge < -0.3 is 10.6 Å². The fraction of sp³-hybridized carbons (Fsp3) is 0.364. The second-order valence-electron chi connectivity index (χ2n) is 3.75. The summed E-state index contributed by atoms with van der Waals surface area (Å²) >= 11 is 0. The van der Waals surface area contributed by atoms with E-state index in [9.17, 15) is 4.79 Å². The van der Waals surface area contributed by atoms with Gasteiger partial charge in [-0.25, -0.2) is 0 Å². The van der Waals surface area contributed by atoms with Crippen LogP contribution in [0.4, 0.5) is 11.4 Å². The molecule has 2 rings (SSSR count). The lowest BCUT2D eigenvalue weighted by Crippen LogP contribution is -2.30. The third-order valence-electron chi connectivity index (χ3n) is 2.63. The van der Waals surface area contributed by atoms with Gasteiger partial charge in [-0.3, -0.25) is 4.79 Å². The van der Waals surface area contributed by atoms with Gasteiger partial charge in [-0.1, -0.05) is 6.07 Å². The minimum Gasteiger partial charge on any atom is -0.399 e. The number of carbonyl (C=O) groups is 1. The van der Waals surface area contributed by atoms with Crippen molar-refractivity contribution in [2.75, 3.05) is 10.6 Å². The van der Waals surface area contributed by atoms with Crippen LogP contribution in [-0.2, 0) is 4.79 Å². The molecule has 1 aromatic rings. The number of rotatable bonds is 1. The fourth-order valence-corrected chi connectivity index (χ4v) is 1.90. The first-order chi connectivity index (χ1) is 6.68. The third kappa shape index (κ3) is 1.45. The van der Waals surface area contributed by atoms with Crippen LogP contribution in [0.2, 0.25) is 0 Å². The van der Waals surface area contributed by atoms with Crippen LogP contribution in [0.5, 0.6) is 0 Å². The highest BCUT2D eigenvalue weighted by Gasteiger charge is 2.28. The molecule has 2 N–H and O–H groups in total. The zero-order valence-corrected chi connectivity index (χ0v) is 8.23. The molecule has 1 atom stereocenters. The molecule has 0 aliphatic carbocycles. The molecule has 1 aromatic carbocycles. The Bertz CT molecular complexity index is 362. The molecule has 0 radical (unpaired) electrons. The molecule has 3 nitrogen and oxygen atoms in total. The van der Waals surface area contributed by atoms with Crippen molar-refractivity contribution in [3.8, 4) is 0 Å². The van der Waals surface area contributed by atoms with Crippen molar-refractivity contribution < 1.29 is 4.79 Å². The van der Waals surface area contributed by atoms with Gasteiger partial charge in [-0.15, -0.1) is 0 Å². The SMILES string of the molecule is CC1CCC(=O)N1c1cccc(N)c1. The van der Waals surface area contributed by atoms with Gasteiger partial charge in [0.2, 0.25) is 5.91 Å². The van der Waals surface area contributed by atoms with E-state index in [0.29, 0.717) is 18.2 Å². The van der Waals surface area contributed by atoms with Gasteiger partial charge in [0.1, 0.15) is 0 Å². The predicted molar refractivity (Wildman–Crippen MR) is 57.0 cm³/mol. The summed E-state index contributed by atoms with van der Waals surface area (Å²) in [6.07, 6.45) is 1.59. The topological polar surface area (TPSA) is 46.3 Å². The first-order valence-electron chi connectivity index (χ1n) is 4.86. The van der Waals surface area contributed by atoms with Crippen LogP contribution < -0.4 is 10.6 Å².